The van der Waals surface area contributed by atoms with E-state index in [0.29, 0.717) is 6.61 Å². The first kappa shape index (κ1) is 15.5. The average molecular weight is 315 g/mol. The van der Waals surface area contributed by atoms with Gasteiger partial charge in [-0.05, 0) is 47.0 Å². The van der Waals surface area contributed by atoms with E-state index in [1.807, 2.05) is 25.1 Å². The summed E-state index contributed by atoms with van der Waals surface area (Å²) in [6.07, 6.45) is 0. The van der Waals surface area contributed by atoms with Gasteiger partial charge in [0.05, 0.1) is 0 Å². The largest absolute Gasteiger partial charge is 0.491 e. The molecule has 0 radical (unpaired) electrons. The predicted octanol–water partition coefficient (Wildman–Crippen LogP) is 3.19. The van der Waals surface area contributed by atoms with Gasteiger partial charge >= 0.3 is 0 Å². The summed E-state index contributed by atoms with van der Waals surface area (Å²) in [5.74, 6) is 0.856. The van der Waals surface area contributed by atoms with Gasteiger partial charge in [0.25, 0.3) is 0 Å². The van der Waals surface area contributed by atoms with Crippen LogP contribution in [0.1, 0.15) is 32.4 Å². The summed E-state index contributed by atoms with van der Waals surface area (Å²) in [5, 5.41) is 0. The third-order valence-electron chi connectivity index (χ3n) is 3.26. The van der Waals surface area contributed by atoms with E-state index in [1.54, 1.807) is 0 Å². The predicted molar refractivity (Wildman–Crippen MR) is 80.0 cm³/mol. The van der Waals surface area contributed by atoms with Crippen molar-refractivity contribution in [3.8, 4) is 5.75 Å². The first-order valence-corrected chi connectivity index (χ1v) is 6.88. The van der Waals surface area contributed by atoms with E-state index in [-0.39, 0.29) is 11.6 Å². The van der Waals surface area contributed by atoms with Crippen molar-refractivity contribution >= 4 is 15.9 Å². The quantitative estimate of drug-likeness (QED) is 0.907. The molecule has 1 aromatic rings. The van der Waals surface area contributed by atoms with Crippen LogP contribution in [0, 0.1) is 0 Å². The van der Waals surface area contributed by atoms with Crippen molar-refractivity contribution in [3.63, 3.8) is 0 Å². The lowest BCUT2D eigenvalue weighted by molar-refractivity contribution is 0.113. The Hall–Kier alpha value is -0.580. The molecular weight excluding hydrogens is 292 g/mol. The second kappa shape index (κ2) is 6.04. The van der Waals surface area contributed by atoms with Gasteiger partial charge in [0.1, 0.15) is 12.4 Å². The Kier molecular flexibility index (Phi) is 5.20. The van der Waals surface area contributed by atoms with Crippen molar-refractivity contribution < 1.29 is 4.74 Å². The van der Waals surface area contributed by atoms with Crippen molar-refractivity contribution in [2.45, 2.75) is 32.4 Å². The molecule has 4 heteroatoms. The highest BCUT2D eigenvalue weighted by atomic mass is 79.9. The SMILES string of the molecule is CC(N)c1ccc(Br)cc1OCC(C)(C)N(C)C. The van der Waals surface area contributed by atoms with Crippen molar-refractivity contribution in [2.24, 2.45) is 5.73 Å². The molecule has 0 saturated carbocycles. The molecule has 0 aromatic heterocycles. The van der Waals surface area contributed by atoms with Gasteiger partial charge in [0, 0.05) is 21.6 Å². The Bertz CT molecular complexity index is 403. The van der Waals surface area contributed by atoms with Crippen LogP contribution in [-0.2, 0) is 0 Å². The summed E-state index contributed by atoms with van der Waals surface area (Å²) < 4.78 is 6.96. The molecule has 1 aromatic carbocycles. The zero-order valence-electron chi connectivity index (χ0n) is 11.8. The zero-order valence-corrected chi connectivity index (χ0v) is 13.4. The van der Waals surface area contributed by atoms with Gasteiger partial charge in [0.15, 0.2) is 0 Å². The van der Waals surface area contributed by atoms with Crippen molar-refractivity contribution in [3.05, 3.63) is 28.2 Å². The fraction of sp³-hybridized carbons (Fsp3) is 0.571. The number of hydrogen-bond donors (Lipinski definition) is 1. The monoisotopic (exact) mass is 314 g/mol. The van der Waals surface area contributed by atoms with Crippen molar-refractivity contribution in [2.75, 3.05) is 20.7 Å². The maximum atomic E-state index is 5.96. The highest BCUT2D eigenvalue weighted by Crippen LogP contribution is 2.28. The number of likely N-dealkylation sites (N-methyl/N-ethyl adjacent to an activating group) is 1. The fourth-order valence-electron chi connectivity index (χ4n) is 1.39. The highest BCUT2D eigenvalue weighted by Gasteiger charge is 2.22. The standard InChI is InChI=1S/C14H23BrN2O/c1-10(16)12-7-6-11(15)8-13(12)18-9-14(2,3)17(4)5/h6-8,10H,9,16H2,1-5H3. The molecule has 0 fully saturated rings. The van der Waals surface area contributed by atoms with Gasteiger partial charge in [-0.3, -0.25) is 0 Å². The molecule has 0 aliphatic rings. The number of nitrogens with zero attached hydrogens (tertiary/aromatic N) is 1. The Labute approximate surface area is 118 Å². The lowest BCUT2D eigenvalue weighted by Gasteiger charge is -2.32. The minimum Gasteiger partial charge on any atom is -0.491 e. The fourth-order valence-corrected chi connectivity index (χ4v) is 1.73. The van der Waals surface area contributed by atoms with E-state index in [0.717, 1.165) is 15.8 Å². The van der Waals surface area contributed by atoms with Crippen LogP contribution in [0.3, 0.4) is 0 Å². The molecule has 2 N–H and O–H groups in total. The molecule has 1 atom stereocenters. The van der Waals surface area contributed by atoms with Crippen LogP contribution in [0.15, 0.2) is 22.7 Å². The normalized spacial score (nSPS) is 13.8. The number of rotatable bonds is 5. The molecule has 0 aliphatic carbocycles. The van der Waals surface area contributed by atoms with Crippen LogP contribution in [0.2, 0.25) is 0 Å². The highest BCUT2D eigenvalue weighted by molar-refractivity contribution is 9.10. The van der Waals surface area contributed by atoms with E-state index in [4.69, 9.17) is 10.5 Å². The van der Waals surface area contributed by atoms with E-state index in [1.165, 1.54) is 0 Å². The zero-order chi connectivity index (χ0) is 13.9. The van der Waals surface area contributed by atoms with E-state index in [9.17, 15) is 0 Å². The number of benzene rings is 1. The number of hydrogen-bond acceptors (Lipinski definition) is 3. The Morgan fingerprint density at radius 2 is 2.00 bits per heavy atom. The van der Waals surface area contributed by atoms with Gasteiger partial charge in [0.2, 0.25) is 0 Å². The van der Waals surface area contributed by atoms with Gasteiger partial charge in [-0.15, -0.1) is 0 Å². The summed E-state index contributed by atoms with van der Waals surface area (Å²) in [7, 11) is 4.10. The second-order valence-corrected chi connectivity index (χ2v) is 6.38. The Morgan fingerprint density at radius 1 is 1.39 bits per heavy atom. The topological polar surface area (TPSA) is 38.5 Å². The molecule has 18 heavy (non-hydrogen) atoms. The molecule has 0 aliphatic heterocycles. The molecule has 3 nitrogen and oxygen atoms in total. The minimum absolute atomic E-state index is 0.0164. The van der Waals surface area contributed by atoms with Crippen LogP contribution in [-0.4, -0.2) is 31.1 Å². The van der Waals surface area contributed by atoms with Gasteiger partial charge in [-0.1, -0.05) is 22.0 Å². The summed E-state index contributed by atoms with van der Waals surface area (Å²) >= 11 is 3.46. The first-order valence-electron chi connectivity index (χ1n) is 6.09. The molecule has 0 saturated heterocycles. The summed E-state index contributed by atoms with van der Waals surface area (Å²) in [4.78, 5) is 2.15. The number of ether oxygens (including phenoxy) is 1. The van der Waals surface area contributed by atoms with Crippen LogP contribution in [0.5, 0.6) is 5.75 Å². The summed E-state index contributed by atoms with van der Waals surface area (Å²) in [5.41, 5.74) is 6.98. The third kappa shape index (κ3) is 3.97. The second-order valence-electron chi connectivity index (χ2n) is 5.47. The molecular formula is C14H23BrN2O. The van der Waals surface area contributed by atoms with E-state index in [2.05, 4.69) is 48.8 Å². The Balaban J connectivity index is 2.87. The number of halogens is 1. The maximum absolute atomic E-state index is 5.96. The lowest BCUT2D eigenvalue weighted by atomic mass is 10.1. The van der Waals surface area contributed by atoms with Gasteiger partial charge < -0.3 is 15.4 Å². The molecule has 1 unspecified atom stereocenters. The van der Waals surface area contributed by atoms with Crippen LogP contribution in [0.25, 0.3) is 0 Å². The van der Waals surface area contributed by atoms with E-state index >= 15 is 0 Å². The summed E-state index contributed by atoms with van der Waals surface area (Å²) in [6.45, 7) is 6.89. The average Bonchev–Trinajstić information content (AvgIpc) is 2.26. The van der Waals surface area contributed by atoms with Gasteiger partial charge in [-0.2, -0.15) is 0 Å². The first-order chi connectivity index (χ1) is 8.24. The third-order valence-corrected chi connectivity index (χ3v) is 3.75. The molecule has 0 heterocycles. The minimum atomic E-state index is -0.0319. The van der Waals surface area contributed by atoms with Crippen LogP contribution in [0.4, 0.5) is 0 Å². The van der Waals surface area contributed by atoms with Crippen LogP contribution < -0.4 is 10.5 Å². The van der Waals surface area contributed by atoms with Gasteiger partial charge in [-0.25, -0.2) is 0 Å². The molecule has 0 spiro atoms. The Morgan fingerprint density at radius 3 is 2.50 bits per heavy atom. The smallest absolute Gasteiger partial charge is 0.125 e. The molecule has 102 valence electrons. The maximum Gasteiger partial charge on any atom is 0.125 e. The molecule has 0 amide bonds. The van der Waals surface area contributed by atoms with Crippen LogP contribution >= 0.6 is 15.9 Å². The van der Waals surface area contributed by atoms with Crippen molar-refractivity contribution in [1.29, 1.82) is 0 Å². The molecule has 0 bridgehead atoms. The van der Waals surface area contributed by atoms with Crippen molar-refractivity contribution in [1.82, 2.24) is 4.90 Å². The molecule has 1 rings (SSSR count). The number of nitrogens with two attached hydrogens (primary N) is 1. The summed E-state index contributed by atoms with van der Waals surface area (Å²) in [6, 6.07) is 5.94. The lowest BCUT2D eigenvalue weighted by Crippen LogP contribution is -2.43. The van der Waals surface area contributed by atoms with E-state index < -0.39 is 0 Å².